The Morgan fingerprint density at radius 3 is 2.94 bits per heavy atom. The lowest BCUT2D eigenvalue weighted by Gasteiger charge is -2.18. The predicted octanol–water partition coefficient (Wildman–Crippen LogP) is 1.48. The van der Waals surface area contributed by atoms with Crippen LogP contribution >= 0.6 is 0 Å². The molecule has 0 saturated carbocycles. The third-order valence-electron chi connectivity index (χ3n) is 3.12. The minimum absolute atomic E-state index is 0.0117. The molecule has 0 spiro atoms. The molecule has 0 aliphatic carbocycles. The zero-order valence-electron chi connectivity index (χ0n) is 9.98. The first kappa shape index (κ1) is 11.9. The van der Waals surface area contributed by atoms with E-state index in [1.165, 1.54) is 0 Å². The van der Waals surface area contributed by atoms with Crippen molar-refractivity contribution in [1.82, 2.24) is 5.32 Å². The molecule has 1 aliphatic heterocycles. The summed E-state index contributed by atoms with van der Waals surface area (Å²) in [5.74, 6) is 0.0423. The van der Waals surface area contributed by atoms with Gasteiger partial charge in [0.05, 0.1) is 18.6 Å². The molecule has 1 aromatic rings. The first-order valence-corrected chi connectivity index (χ1v) is 5.91. The van der Waals surface area contributed by atoms with Gasteiger partial charge in [-0.05, 0) is 25.0 Å². The molecule has 1 fully saturated rings. The lowest BCUT2D eigenvalue weighted by Crippen LogP contribution is -2.33. The highest BCUT2D eigenvalue weighted by atomic mass is 16.5. The van der Waals surface area contributed by atoms with Crippen LogP contribution < -0.4 is 11.1 Å². The van der Waals surface area contributed by atoms with Crippen molar-refractivity contribution in [2.75, 3.05) is 18.9 Å². The number of para-hydroxylation sites is 1. The average Bonchev–Trinajstić information content (AvgIpc) is 2.82. The SMILES string of the molecule is CC(NC(=O)C1CCOC1)c1ccccc1N. The largest absolute Gasteiger partial charge is 0.398 e. The van der Waals surface area contributed by atoms with Gasteiger partial charge in [-0.2, -0.15) is 0 Å². The summed E-state index contributed by atoms with van der Waals surface area (Å²) in [5.41, 5.74) is 7.54. The fourth-order valence-electron chi connectivity index (χ4n) is 2.06. The van der Waals surface area contributed by atoms with Crippen LogP contribution in [0.4, 0.5) is 5.69 Å². The van der Waals surface area contributed by atoms with Gasteiger partial charge in [-0.3, -0.25) is 4.79 Å². The molecule has 0 radical (unpaired) electrons. The van der Waals surface area contributed by atoms with Crippen LogP contribution in [0.25, 0.3) is 0 Å². The molecule has 2 rings (SSSR count). The van der Waals surface area contributed by atoms with Crippen LogP contribution in [0, 0.1) is 5.92 Å². The maximum atomic E-state index is 11.9. The Balaban J connectivity index is 1.99. The molecule has 17 heavy (non-hydrogen) atoms. The molecule has 0 aromatic heterocycles. The zero-order valence-corrected chi connectivity index (χ0v) is 9.98. The third kappa shape index (κ3) is 2.77. The zero-order chi connectivity index (χ0) is 12.3. The van der Waals surface area contributed by atoms with Crippen molar-refractivity contribution in [3.05, 3.63) is 29.8 Å². The standard InChI is InChI=1S/C13H18N2O2/c1-9(11-4-2-3-5-12(11)14)15-13(16)10-6-7-17-8-10/h2-5,9-10H,6-8,14H2,1H3,(H,15,16). The van der Waals surface area contributed by atoms with Gasteiger partial charge in [0.2, 0.25) is 5.91 Å². The van der Waals surface area contributed by atoms with Crippen LogP contribution in [0.1, 0.15) is 24.9 Å². The van der Waals surface area contributed by atoms with Gasteiger partial charge < -0.3 is 15.8 Å². The molecular formula is C13H18N2O2. The number of carbonyl (C=O) groups excluding carboxylic acids is 1. The smallest absolute Gasteiger partial charge is 0.225 e. The second kappa shape index (κ2) is 5.19. The Hall–Kier alpha value is -1.55. The number of anilines is 1. The minimum atomic E-state index is -0.0655. The van der Waals surface area contributed by atoms with E-state index < -0.39 is 0 Å². The van der Waals surface area contributed by atoms with E-state index in [-0.39, 0.29) is 17.9 Å². The molecule has 4 heteroatoms. The highest BCUT2D eigenvalue weighted by Crippen LogP contribution is 2.21. The van der Waals surface area contributed by atoms with Gasteiger partial charge in [0.25, 0.3) is 0 Å². The fourth-order valence-corrected chi connectivity index (χ4v) is 2.06. The van der Waals surface area contributed by atoms with Crippen LogP contribution in [0.5, 0.6) is 0 Å². The topological polar surface area (TPSA) is 64.3 Å². The highest BCUT2D eigenvalue weighted by molar-refractivity contribution is 5.79. The third-order valence-corrected chi connectivity index (χ3v) is 3.12. The number of amides is 1. The van der Waals surface area contributed by atoms with Crippen molar-refractivity contribution < 1.29 is 9.53 Å². The molecule has 92 valence electrons. The van der Waals surface area contributed by atoms with E-state index in [1.807, 2.05) is 31.2 Å². The normalized spacial score (nSPS) is 21.1. The number of nitrogen functional groups attached to an aromatic ring is 1. The molecule has 4 nitrogen and oxygen atoms in total. The van der Waals surface area contributed by atoms with Crippen molar-refractivity contribution in [2.45, 2.75) is 19.4 Å². The molecule has 1 saturated heterocycles. The average molecular weight is 234 g/mol. The van der Waals surface area contributed by atoms with Crippen molar-refractivity contribution in [2.24, 2.45) is 5.92 Å². The molecule has 0 bridgehead atoms. The number of hydrogen-bond acceptors (Lipinski definition) is 3. The Morgan fingerprint density at radius 1 is 1.53 bits per heavy atom. The molecular weight excluding hydrogens is 216 g/mol. The van der Waals surface area contributed by atoms with Crippen molar-refractivity contribution in [3.8, 4) is 0 Å². The number of hydrogen-bond donors (Lipinski definition) is 2. The van der Waals surface area contributed by atoms with E-state index in [2.05, 4.69) is 5.32 Å². The second-order valence-electron chi connectivity index (χ2n) is 4.42. The number of benzene rings is 1. The molecule has 1 amide bonds. The van der Waals surface area contributed by atoms with Gasteiger partial charge in [-0.1, -0.05) is 18.2 Å². The number of nitrogens with one attached hydrogen (secondary N) is 1. The lowest BCUT2D eigenvalue weighted by molar-refractivity contribution is -0.125. The van der Waals surface area contributed by atoms with E-state index >= 15 is 0 Å². The van der Waals surface area contributed by atoms with Gasteiger partial charge in [0.15, 0.2) is 0 Å². The number of rotatable bonds is 3. The summed E-state index contributed by atoms with van der Waals surface area (Å²) in [6.45, 7) is 3.15. The summed E-state index contributed by atoms with van der Waals surface area (Å²) in [5, 5.41) is 2.98. The molecule has 1 aromatic carbocycles. The summed E-state index contributed by atoms with van der Waals surface area (Å²) < 4.78 is 5.20. The Labute approximate surface area is 101 Å². The predicted molar refractivity (Wildman–Crippen MR) is 66.3 cm³/mol. The van der Waals surface area contributed by atoms with Gasteiger partial charge in [-0.25, -0.2) is 0 Å². The number of carbonyl (C=O) groups is 1. The van der Waals surface area contributed by atoms with E-state index in [9.17, 15) is 4.79 Å². The van der Waals surface area contributed by atoms with Gasteiger partial charge >= 0.3 is 0 Å². The molecule has 3 N–H and O–H groups in total. The van der Waals surface area contributed by atoms with Crippen molar-refractivity contribution in [1.29, 1.82) is 0 Å². The number of ether oxygens (including phenoxy) is 1. The quantitative estimate of drug-likeness (QED) is 0.779. The van der Waals surface area contributed by atoms with E-state index in [1.54, 1.807) is 0 Å². The summed E-state index contributed by atoms with van der Waals surface area (Å²) >= 11 is 0. The summed E-state index contributed by atoms with van der Waals surface area (Å²) in [7, 11) is 0. The van der Waals surface area contributed by atoms with E-state index in [0.717, 1.165) is 12.0 Å². The summed E-state index contributed by atoms with van der Waals surface area (Å²) in [6, 6.07) is 7.53. The minimum Gasteiger partial charge on any atom is -0.398 e. The first-order valence-electron chi connectivity index (χ1n) is 5.91. The van der Waals surface area contributed by atoms with Crippen LogP contribution in [-0.4, -0.2) is 19.1 Å². The lowest BCUT2D eigenvalue weighted by atomic mass is 10.0. The van der Waals surface area contributed by atoms with Gasteiger partial charge in [0, 0.05) is 12.3 Å². The first-order chi connectivity index (χ1) is 8.18. The summed E-state index contributed by atoms with van der Waals surface area (Å²) in [6.07, 6.45) is 0.808. The maximum absolute atomic E-state index is 11.9. The second-order valence-corrected chi connectivity index (χ2v) is 4.42. The number of nitrogens with two attached hydrogens (primary N) is 1. The fraction of sp³-hybridized carbons (Fsp3) is 0.462. The van der Waals surface area contributed by atoms with Crippen LogP contribution in [-0.2, 0) is 9.53 Å². The molecule has 2 unspecified atom stereocenters. The Bertz CT molecular complexity index is 400. The van der Waals surface area contributed by atoms with E-state index in [0.29, 0.717) is 18.9 Å². The van der Waals surface area contributed by atoms with Crippen molar-refractivity contribution in [3.63, 3.8) is 0 Å². The van der Waals surface area contributed by atoms with Crippen molar-refractivity contribution >= 4 is 11.6 Å². The summed E-state index contributed by atoms with van der Waals surface area (Å²) in [4.78, 5) is 11.9. The molecule has 1 aliphatic rings. The van der Waals surface area contributed by atoms with Crippen LogP contribution in [0.2, 0.25) is 0 Å². The maximum Gasteiger partial charge on any atom is 0.225 e. The van der Waals surface area contributed by atoms with Crippen LogP contribution in [0.3, 0.4) is 0 Å². The Kier molecular flexibility index (Phi) is 3.64. The molecule has 1 heterocycles. The van der Waals surface area contributed by atoms with Gasteiger partial charge in [0.1, 0.15) is 0 Å². The van der Waals surface area contributed by atoms with Crippen LogP contribution in [0.15, 0.2) is 24.3 Å². The van der Waals surface area contributed by atoms with E-state index in [4.69, 9.17) is 10.5 Å². The Morgan fingerprint density at radius 2 is 2.29 bits per heavy atom. The molecule has 2 atom stereocenters. The monoisotopic (exact) mass is 234 g/mol. The highest BCUT2D eigenvalue weighted by Gasteiger charge is 2.24. The van der Waals surface area contributed by atoms with Gasteiger partial charge in [-0.15, -0.1) is 0 Å².